The van der Waals surface area contributed by atoms with Gasteiger partial charge in [-0.3, -0.25) is 4.79 Å². The van der Waals surface area contributed by atoms with E-state index in [0.717, 1.165) is 36.3 Å². The molecule has 0 bridgehead atoms. The normalized spacial score (nSPS) is 18.3. The number of aryl methyl sites for hydroxylation is 1. The van der Waals surface area contributed by atoms with E-state index in [1.165, 1.54) is 0 Å². The summed E-state index contributed by atoms with van der Waals surface area (Å²) in [6, 6.07) is 5.56. The molecular formula is C14H18N2O2S. The Morgan fingerprint density at radius 3 is 3.00 bits per heavy atom. The van der Waals surface area contributed by atoms with Crippen LogP contribution in [0.1, 0.15) is 30.4 Å². The molecule has 1 saturated heterocycles. The first-order chi connectivity index (χ1) is 9.06. The van der Waals surface area contributed by atoms with Crippen molar-refractivity contribution in [1.29, 1.82) is 0 Å². The van der Waals surface area contributed by atoms with Gasteiger partial charge < -0.3 is 15.8 Å². The summed E-state index contributed by atoms with van der Waals surface area (Å²) in [6.45, 7) is 2.69. The number of anilines is 1. The highest BCUT2D eigenvalue weighted by Crippen LogP contribution is 2.19. The van der Waals surface area contributed by atoms with Gasteiger partial charge in [-0.2, -0.15) is 0 Å². The highest BCUT2D eigenvalue weighted by Gasteiger charge is 2.19. The molecule has 2 rings (SSSR count). The van der Waals surface area contributed by atoms with Crippen LogP contribution in [0.15, 0.2) is 18.2 Å². The lowest BCUT2D eigenvalue weighted by atomic mass is 10.1. The van der Waals surface area contributed by atoms with Crippen LogP contribution in [-0.2, 0) is 9.53 Å². The van der Waals surface area contributed by atoms with E-state index < -0.39 is 0 Å². The molecule has 1 aromatic rings. The van der Waals surface area contributed by atoms with Crippen molar-refractivity contribution in [3.8, 4) is 0 Å². The van der Waals surface area contributed by atoms with Gasteiger partial charge in [0, 0.05) is 17.9 Å². The van der Waals surface area contributed by atoms with Crippen LogP contribution >= 0.6 is 12.2 Å². The fraction of sp³-hybridized carbons (Fsp3) is 0.429. The molecule has 0 aliphatic carbocycles. The molecule has 5 heteroatoms. The van der Waals surface area contributed by atoms with Gasteiger partial charge >= 0.3 is 0 Å². The van der Waals surface area contributed by atoms with Gasteiger partial charge in [0.25, 0.3) is 0 Å². The molecule has 19 heavy (non-hydrogen) atoms. The maximum Gasteiger partial charge on any atom is 0.226 e. The average molecular weight is 278 g/mol. The van der Waals surface area contributed by atoms with Crippen molar-refractivity contribution in [3.63, 3.8) is 0 Å². The van der Waals surface area contributed by atoms with E-state index in [1.54, 1.807) is 0 Å². The maximum atomic E-state index is 11.9. The van der Waals surface area contributed by atoms with Crippen molar-refractivity contribution in [2.45, 2.75) is 32.3 Å². The van der Waals surface area contributed by atoms with Crippen LogP contribution in [-0.4, -0.2) is 23.6 Å². The smallest absolute Gasteiger partial charge is 0.226 e. The Labute approximate surface area is 118 Å². The average Bonchev–Trinajstić information content (AvgIpc) is 2.84. The maximum absolute atomic E-state index is 11.9. The van der Waals surface area contributed by atoms with Gasteiger partial charge in [-0.15, -0.1) is 0 Å². The topological polar surface area (TPSA) is 64.3 Å². The van der Waals surface area contributed by atoms with Crippen molar-refractivity contribution >= 4 is 28.8 Å². The van der Waals surface area contributed by atoms with Gasteiger partial charge in [-0.05, 0) is 31.4 Å². The number of rotatable bonds is 4. The molecule has 1 amide bonds. The summed E-state index contributed by atoms with van der Waals surface area (Å²) in [5, 5.41) is 2.90. The minimum atomic E-state index is -0.0323. The first-order valence-electron chi connectivity index (χ1n) is 6.38. The monoisotopic (exact) mass is 278 g/mol. The van der Waals surface area contributed by atoms with Crippen LogP contribution in [0.25, 0.3) is 0 Å². The van der Waals surface area contributed by atoms with Crippen molar-refractivity contribution in [2.75, 3.05) is 11.9 Å². The second-order valence-corrected chi connectivity index (χ2v) is 5.22. The third kappa shape index (κ3) is 3.75. The number of hydrogen-bond donors (Lipinski definition) is 2. The number of carbonyl (C=O) groups excluding carboxylic acids is 1. The lowest BCUT2D eigenvalue weighted by Crippen LogP contribution is -2.20. The Bertz CT molecular complexity index is 496. The molecule has 1 aliphatic heterocycles. The number of nitrogens with two attached hydrogens (primary N) is 1. The molecule has 1 aromatic carbocycles. The molecule has 102 valence electrons. The van der Waals surface area contributed by atoms with E-state index in [-0.39, 0.29) is 12.0 Å². The van der Waals surface area contributed by atoms with Crippen LogP contribution in [0.4, 0.5) is 5.69 Å². The summed E-state index contributed by atoms with van der Waals surface area (Å²) < 4.78 is 5.45. The SMILES string of the molecule is Cc1ccc(C(N)=S)cc1NC(=O)CC1CCCO1. The second kappa shape index (κ2) is 6.12. The Kier molecular flexibility index (Phi) is 4.50. The highest BCUT2D eigenvalue weighted by molar-refractivity contribution is 7.80. The minimum Gasteiger partial charge on any atom is -0.389 e. The zero-order chi connectivity index (χ0) is 13.8. The van der Waals surface area contributed by atoms with Gasteiger partial charge in [0.2, 0.25) is 5.91 Å². The third-order valence-electron chi connectivity index (χ3n) is 3.23. The summed E-state index contributed by atoms with van der Waals surface area (Å²) >= 11 is 4.94. The number of ether oxygens (including phenoxy) is 1. The number of nitrogens with one attached hydrogen (secondary N) is 1. The summed E-state index contributed by atoms with van der Waals surface area (Å²) in [4.78, 5) is 12.3. The lowest BCUT2D eigenvalue weighted by molar-refractivity contribution is -0.118. The lowest BCUT2D eigenvalue weighted by Gasteiger charge is -2.12. The van der Waals surface area contributed by atoms with Crippen molar-refractivity contribution in [3.05, 3.63) is 29.3 Å². The Balaban J connectivity index is 2.02. The minimum absolute atomic E-state index is 0.0323. The fourth-order valence-electron chi connectivity index (χ4n) is 2.12. The molecule has 1 unspecified atom stereocenters. The fourth-order valence-corrected chi connectivity index (χ4v) is 2.25. The number of hydrogen-bond acceptors (Lipinski definition) is 3. The van der Waals surface area contributed by atoms with Gasteiger partial charge in [0.05, 0.1) is 12.5 Å². The van der Waals surface area contributed by atoms with Crippen LogP contribution < -0.4 is 11.1 Å². The highest BCUT2D eigenvalue weighted by atomic mass is 32.1. The van der Waals surface area contributed by atoms with E-state index in [1.807, 2.05) is 25.1 Å². The predicted molar refractivity (Wildman–Crippen MR) is 79.3 cm³/mol. The van der Waals surface area contributed by atoms with Crippen LogP contribution in [0.3, 0.4) is 0 Å². The molecule has 0 aromatic heterocycles. The van der Waals surface area contributed by atoms with E-state index in [0.29, 0.717) is 11.4 Å². The summed E-state index contributed by atoms with van der Waals surface area (Å²) in [5.74, 6) is -0.0323. The van der Waals surface area contributed by atoms with Crippen molar-refractivity contribution in [2.24, 2.45) is 5.73 Å². The van der Waals surface area contributed by atoms with Crippen LogP contribution in [0.5, 0.6) is 0 Å². The summed E-state index contributed by atoms with van der Waals surface area (Å²) in [5.41, 5.74) is 8.10. The van der Waals surface area contributed by atoms with E-state index in [4.69, 9.17) is 22.7 Å². The standard InChI is InChI=1S/C14H18N2O2S/c1-9-4-5-10(14(15)19)7-12(9)16-13(17)8-11-3-2-6-18-11/h4-5,7,11H,2-3,6,8H2,1H3,(H2,15,19)(H,16,17). The zero-order valence-corrected chi connectivity index (χ0v) is 11.8. The van der Waals surface area contributed by atoms with E-state index >= 15 is 0 Å². The molecule has 3 N–H and O–H groups in total. The number of thiocarbonyl (C=S) groups is 1. The number of carbonyl (C=O) groups is 1. The van der Waals surface area contributed by atoms with Crippen molar-refractivity contribution in [1.82, 2.24) is 0 Å². The zero-order valence-electron chi connectivity index (χ0n) is 10.9. The van der Waals surface area contributed by atoms with Crippen LogP contribution in [0, 0.1) is 6.92 Å². The van der Waals surface area contributed by atoms with Gasteiger partial charge in [0.15, 0.2) is 0 Å². The number of amides is 1. The van der Waals surface area contributed by atoms with Gasteiger partial charge in [-0.25, -0.2) is 0 Å². The molecule has 1 atom stereocenters. The molecule has 0 spiro atoms. The Morgan fingerprint density at radius 2 is 2.37 bits per heavy atom. The number of benzene rings is 1. The molecule has 0 saturated carbocycles. The summed E-state index contributed by atoms with van der Waals surface area (Å²) in [7, 11) is 0. The largest absolute Gasteiger partial charge is 0.389 e. The van der Waals surface area contributed by atoms with Crippen LogP contribution in [0.2, 0.25) is 0 Å². The van der Waals surface area contributed by atoms with E-state index in [2.05, 4.69) is 5.32 Å². The third-order valence-corrected chi connectivity index (χ3v) is 3.47. The molecule has 1 fully saturated rings. The summed E-state index contributed by atoms with van der Waals surface area (Å²) in [6.07, 6.45) is 2.45. The van der Waals surface area contributed by atoms with E-state index in [9.17, 15) is 4.79 Å². The molecule has 4 nitrogen and oxygen atoms in total. The van der Waals surface area contributed by atoms with Gasteiger partial charge in [-0.1, -0.05) is 24.4 Å². The molecule has 0 radical (unpaired) electrons. The first kappa shape index (κ1) is 14.0. The Hall–Kier alpha value is -1.46. The molecule has 1 heterocycles. The first-order valence-corrected chi connectivity index (χ1v) is 6.79. The van der Waals surface area contributed by atoms with Gasteiger partial charge in [0.1, 0.15) is 4.99 Å². The molecular weight excluding hydrogens is 260 g/mol. The Morgan fingerprint density at radius 1 is 1.58 bits per heavy atom. The second-order valence-electron chi connectivity index (χ2n) is 4.78. The van der Waals surface area contributed by atoms with Crippen molar-refractivity contribution < 1.29 is 9.53 Å². The molecule has 1 aliphatic rings. The predicted octanol–water partition coefficient (Wildman–Crippen LogP) is 2.14. The quantitative estimate of drug-likeness (QED) is 0.828.